The Hall–Kier alpha value is -1.41. The lowest BCUT2D eigenvalue weighted by molar-refractivity contribution is -0.141. The summed E-state index contributed by atoms with van der Waals surface area (Å²) in [6.45, 7) is 4.50. The summed E-state index contributed by atoms with van der Waals surface area (Å²) in [5.41, 5.74) is 4.87. The predicted octanol–water partition coefficient (Wildman–Crippen LogP) is 2.60. The van der Waals surface area contributed by atoms with Gasteiger partial charge in [0, 0.05) is 13.6 Å². The first-order valence-electron chi connectivity index (χ1n) is 6.33. The van der Waals surface area contributed by atoms with E-state index in [0.717, 1.165) is 6.07 Å². The van der Waals surface area contributed by atoms with Crippen molar-refractivity contribution < 1.29 is 17.9 Å². The zero-order valence-electron chi connectivity index (χ0n) is 12.1. The van der Waals surface area contributed by atoms with E-state index < -0.39 is 11.9 Å². The fourth-order valence-corrected chi connectivity index (χ4v) is 1.78. The number of nitrogens with zero attached hydrogens (tertiary/aromatic N) is 2. The van der Waals surface area contributed by atoms with Gasteiger partial charge in [0.15, 0.2) is 0 Å². The monoisotopic (exact) mass is 321 g/mol. The number of aromatic nitrogens is 1. The Labute approximate surface area is 127 Å². The first-order valence-corrected chi connectivity index (χ1v) is 6.74. The van der Waals surface area contributed by atoms with E-state index in [1.165, 1.54) is 6.07 Å². The van der Waals surface area contributed by atoms with E-state index in [2.05, 4.69) is 4.98 Å². The lowest BCUT2D eigenvalue weighted by Gasteiger charge is -2.22. The number of anilines is 1. The van der Waals surface area contributed by atoms with Crippen LogP contribution in [-0.4, -0.2) is 36.3 Å². The second kappa shape index (κ2) is 7.04. The molecule has 0 atom stereocenters. The molecule has 118 valence electrons. The highest BCUT2D eigenvalue weighted by atomic mass is 32.1. The molecule has 1 aromatic rings. The van der Waals surface area contributed by atoms with E-state index in [4.69, 9.17) is 22.7 Å². The maximum absolute atomic E-state index is 12.8. The third-order valence-electron chi connectivity index (χ3n) is 2.67. The molecule has 1 aromatic heterocycles. The minimum Gasteiger partial charge on any atom is -0.389 e. The molecule has 0 unspecified atom stereocenters. The molecule has 0 saturated heterocycles. The third-order valence-corrected chi connectivity index (χ3v) is 2.89. The van der Waals surface area contributed by atoms with Crippen LogP contribution in [0, 0.1) is 0 Å². The zero-order valence-corrected chi connectivity index (χ0v) is 12.9. The normalized spacial score (nSPS) is 11.8. The van der Waals surface area contributed by atoms with Crippen molar-refractivity contribution in [3.05, 3.63) is 23.4 Å². The molecule has 0 aliphatic heterocycles. The van der Waals surface area contributed by atoms with Crippen LogP contribution in [0.3, 0.4) is 0 Å². The van der Waals surface area contributed by atoms with Crippen LogP contribution >= 0.6 is 12.2 Å². The van der Waals surface area contributed by atoms with E-state index in [1.807, 2.05) is 13.8 Å². The minimum absolute atomic E-state index is 0.00264. The van der Waals surface area contributed by atoms with E-state index in [-0.39, 0.29) is 16.9 Å². The Morgan fingerprint density at radius 1 is 1.43 bits per heavy atom. The summed E-state index contributed by atoms with van der Waals surface area (Å²) < 4.78 is 43.6. The van der Waals surface area contributed by atoms with Gasteiger partial charge in [-0.05, 0) is 26.0 Å². The fourth-order valence-electron chi connectivity index (χ4n) is 1.62. The first-order chi connectivity index (χ1) is 9.62. The summed E-state index contributed by atoms with van der Waals surface area (Å²) in [6.07, 6.45) is -4.47. The number of halogens is 3. The van der Waals surface area contributed by atoms with Crippen molar-refractivity contribution in [1.82, 2.24) is 4.98 Å². The van der Waals surface area contributed by atoms with Gasteiger partial charge in [0.2, 0.25) is 0 Å². The summed E-state index contributed by atoms with van der Waals surface area (Å²) in [5.74, 6) is 0.102. The third kappa shape index (κ3) is 5.13. The Bertz CT molecular complexity index is 506. The molecule has 0 saturated carbocycles. The highest BCUT2D eigenvalue weighted by molar-refractivity contribution is 7.80. The first kappa shape index (κ1) is 17.6. The number of alkyl halides is 3. The van der Waals surface area contributed by atoms with Crippen LogP contribution in [0.4, 0.5) is 19.0 Å². The van der Waals surface area contributed by atoms with Gasteiger partial charge in [-0.3, -0.25) is 0 Å². The van der Waals surface area contributed by atoms with Gasteiger partial charge in [-0.1, -0.05) is 12.2 Å². The molecule has 0 aliphatic carbocycles. The van der Waals surface area contributed by atoms with Crippen LogP contribution < -0.4 is 10.6 Å². The minimum atomic E-state index is -4.52. The molecular weight excluding hydrogens is 303 g/mol. The molecule has 0 amide bonds. The Morgan fingerprint density at radius 2 is 2.05 bits per heavy atom. The van der Waals surface area contributed by atoms with Gasteiger partial charge in [0.25, 0.3) is 0 Å². The SMILES string of the molecule is CC(C)OCCN(C)c1nc(C(F)(F)F)ccc1C(N)=S. The second-order valence-corrected chi connectivity index (χ2v) is 5.21. The van der Waals surface area contributed by atoms with Crippen LogP contribution in [0.25, 0.3) is 0 Å². The standard InChI is InChI=1S/C13H18F3N3OS/c1-8(2)20-7-6-19(3)12-9(11(17)21)4-5-10(18-12)13(14,15)16/h4-5,8H,6-7H2,1-3H3,(H2,17,21). The maximum atomic E-state index is 12.8. The number of hydrogen-bond acceptors (Lipinski definition) is 4. The molecule has 8 heteroatoms. The highest BCUT2D eigenvalue weighted by Gasteiger charge is 2.33. The van der Waals surface area contributed by atoms with Gasteiger partial charge < -0.3 is 15.4 Å². The number of thiocarbonyl (C=S) groups is 1. The molecule has 0 bridgehead atoms. The van der Waals surface area contributed by atoms with Gasteiger partial charge in [-0.2, -0.15) is 13.2 Å². The van der Waals surface area contributed by atoms with E-state index in [1.54, 1.807) is 11.9 Å². The van der Waals surface area contributed by atoms with Crippen molar-refractivity contribution in [2.45, 2.75) is 26.1 Å². The Balaban J connectivity index is 3.03. The number of pyridine rings is 1. The van der Waals surface area contributed by atoms with Gasteiger partial charge in [-0.15, -0.1) is 0 Å². The smallest absolute Gasteiger partial charge is 0.389 e. The zero-order chi connectivity index (χ0) is 16.2. The van der Waals surface area contributed by atoms with Crippen LogP contribution in [0.5, 0.6) is 0 Å². The summed E-state index contributed by atoms with van der Waals surface area (Å²) in [4.78, 5) is 5.19. The van der Waals surface area contributed by atoms with Crippen molar-refractivity contribution in [3.8, 4) is 0 Å². The molecule has 0 spiro atoms. The lowest BCUT2D eigenvalue weighted by atomic mass is 10.2. The maximum Gasteiger partial charge on any atom is 0.433 e. The van der Waals surface area contributed by atoms with Crippen molar-refractivity contribution in [3.63, 3.8) is 0 Å². The topological polar surface area (TPSA) is 51.4 Å². The van der Waals surface area contributed by atoms with Crippen LogP contribution in [0.2, 0.25) is 0 Å². The van der Waals surface area contributed by atoms with Gasteiger partial charge in [0.1, 0.15) is 16.5 Å². The molecule has 4 nitrogen and oxygen atoms in total. The van der Waals surface area contributed by atoms with Crippen LogP contribution in [-0.2, 0) is 10.9 Å². The van der Waals surface area contributed by atoms with Gasteiger partial charge in [0.05, 0.1) is 18.3 Å². The number of likely N-dealkylation sites (N-methyl/N-ethyl adjacent to an activating group) is 1. The highest BCUT2D eigenvalue weighted by Crippen LogP contribution is 2.30. The number of rotatable bonds is 6. The van der Waals surface area contributed by atoms with E-state index >= 15 is 0 Å². The van der Waals surface area contributed by atoms with E-state index in [0.29, 0.717) is 18.7 Å². The summed E-state index contributed by atoms with van der Waals surface area (Å²) in [7, 11) is 1.62. The van der Waals surface area contributed by atoms with Crippen molar-refractivity contribution in [1.29, 1.82) is 0 Å². The number of ether oxygens (including phenoxy) is 1. The fraction of sp³-hybridized carbons (Fsp3) is 0.538. The molecule has 2 N–H and O–H groups in total. The average Bonchev–Trinajstić information content (AvgIpc) is 2.36. The summed E-state index contributed by atoms with van der Waals surface area (Å²) in [5, 5.41) is 0. The van der Waals surface area contributed by atoms with E-state index in [9.17, 15) is 13.2 Å². The van der Waals surface area contributed by atoms with Crippen LogP contribution in [0.1, 0.15) is 25.1 Å². The predicted molar refractivity (Wildman–Crippen MR) is 79.5 cm³/mol. The molecule has 0 fully saturated rings. The average molecular weight is 321 g/mol. The van der Waals surface area contributed by atoms with Crippen molar-refractivity contribution in [2.24, 2.45) is 5.73 Å². The van der Waals surface area contributed by atoms with Gasteiger partial charge in [-0.25, -0.2) is 4.98 Å². The number of hydrogen-bond donors (Lipinski definition) is 1. The summed E-state index contributed by atoms with van der Waals surface area (Å²) >= 11 is 4.86. The van der Waals surface area contributed by atoms with Gasteiger partial charge >= 0.3 is 6.18 Å². The lowest BCUT2D eigenvalue weighted by Crippen LogP contribution is -2.28. The molecular formula is C13H18F3N3OS. The molecule has 0 radical (unpaired) electrons. The molecule has 1 rings (SSSR count). The quantitative estimate of drug-likeness (QED) is 0.816. The summed E-state index contributed by atoms with van der Waals surface area (Å²) in [6, 6.07) is 2.11. The molecule has 0 aromatic carbocycles. The Morgan fingerprint density at radius 3 is 2.52 bits per heavy atom. The largest absolute Gasteiger partial charge is 0.433 e. The van der Waals surface area contributed by atoms with Crippen LogP contribution in [0.15, 0.2) is 12.1 Å². The Kier molecular flexibility index (Phi) is 5.91. The molecule has 21 heavy (non-hydrogen) atoms. The van der Waals surface area contributed by atoms with Crippen molar-refractivity contribution >= 4 is 23.0 Å². The molecule has 0 aliphatic rings. The van der Waals surface area contributed by atoms with Crippen molar-refractivity contribution in [2.75, 3.05) is 25.1 Å². The second-order valence-electron chi connectivity index (χ2n) is 4.77. The number of nitrogens with two attached hydrogens (primary N) is 1. The molecule has 1 heterocycles.